The number of thiazole rings is 1. The fourth-order valence-corrected chi connectivity index (χ4v) is 4.41. The standard InChI is InChI=1S/C15H19N3O2S/c1-9-12(7-17-6-2-3-11(17)14(19)20)18-13(10-4-5-10)8-21-15(18)16-9/h8,10-11H,2-7H2,1H3,(H,19,20)/t11-/m0/s1. The molecule has 0 amide bonds. The van der Waals surface area contributed by atoms with E-state index in [2.05, 4.69) is 19.7 Å². The van der Waals surface area contributed by atoms with E-state index in [1.54, 1.807) is 11.3 Å². The Labute approximate surface area is 127 Å². The summed E-state index contributed by atoms with van der Waals surface area (Å²) in [5.41, 5.74) is 3.60. The van der Waals surface area contributed by atoms with Crippen LogP contribution in [0.5, 0.6) is 0 Å². The minimum Gasteiger partial charge on any atom is -0.480 e. The summed E-state index contributed by atoms with van der Waals surface area (Å²) in [5.74, 6) is -0.0152. The van der Waals surface area contributed by atoms with E-state index in [0.717, 1.165) is 30.0 Å². The van der Waals surface area contributed by atoms with Crippen molar-refractivity contribution in [3.63, 3.8) is 0 Å². The SMILES string of the molecule is Cc1nc2scc(C3CC3)n2c1CN1CCC[C@H]1C(=O)O. The van der Waals surface area contributed by atoms with Gasteiger partial charge in [0.05, 0.1) is 11.4 Å². The zero-order valence-electron chi connectivity index (χ0n) is 12.1. The number of aromatic nitrogens is 2. The molecule has 0 radical (unpaired) electrons. The lowest BCUT2D eigenvalue weighted by Gasteiger charge is -2.21. The van der Waals surface area contributed by atoms with E-state index < -0.39 is 5.97 Å². The van der Waals surface area contributed by atoms with Crippen molar-refractivity contribution < 1.29 is 9.90 Å². The first kappa shape index (κ1) is 13.3. The van der Waals surface area contributed by atoms with Crippen LogP contribution in [0.25, 0.3) is 4.96 Å². The first-order valence-electron chi connectivity index (χ1n) is 7.57. The van der Waals surface area contributed by atoms with E-state index in [0.29, 0.717) is 12.5 Å². The van der Waals surface area contributed by atoms with Gasteiger partial charge < -0.3 is 5.11 Å². The van der Waals surface area contributed by atoms with Crippen LogP contribution in [0.15, 0.2) is 5.38 Å². The number of rotatable bonds is 4. The van der Waals surface area contributed by atoms with Crippen molar-refractivity contribution in [2.24, 2.45) is 0 Å². The first-order chi connectivity index (χ1) is 10.1. The monoisotopic (exact) mass is 305 g/mol. The van der Waals surface area contributed by atoms with Gasteiger partial charge in [0.25, 0.3) is 0 Å². The Morgan fingerprint density at radius 2 is 2.29 bits per heavy atom. The van der Waals surface area contributed by atoms with Crippen molar-refractivity contribution in [2.75, 3.05) is 6.54 Å². The highest BCUT2D eigenvalue weighted by atomic mass is 32.1. The quantitative estimate of drug-likeness (QED) is 0.943. The Kier molecular flexibility index (Phi) is 3.04. The lowest BCUT2D eigenvalue weighted by atomic mass is 10.2. The summed E-state index contributed by atoms with van der Waals surface area (Å²) >= 11 is 1.70. The van der Waals surface area contributed by atoms with Gasteiger partial charge in [0, 0.05) is 23.5 Å². The molecular formula is C15H19N3O2S. The second kappa shape index (κ2) is 4.81. The molecule has 0 aromatic carbocycles. The molecule has 0 bridgehead atoms. The molecule has 4 rings (SSSR count). The number of aliphatic carboxylic acids is 1. The third-order valence-corrected chi connectivity index (χ3v) is 5.53. The van der Waals surface area contributed by atoms with Gasteiger partial charge in [-0.1, -0.05) is 0 Å². The van der Waals surface area contributed by atoms with Crippen LogP contribution in [-0.2, 0) is 11.3 Å². The van der Waals surface area contributed by atoms with Gasteiger partial charge in [-0.2, -0.15) is 0 Å². The molecule has 21 heavy (non-hydrogen) atoms. The van der Waals surface area contributed by atoms with Crippen LogP contribution in [0, 0.1) is 6.92 Å². The van der Waals surface area contributed by atoms with E-state index >= 15 is 0 Å². The highest BCUT2D eigenvalue weighted by Crippen LogP contribution is 2.42. The number of carboxylic acid groups (broad SMARTS) is 1. The van der Waals surface area contributed by atoms with Crippen LogP contribution < -0.4 is 0 Å². The van der Waals surface area contributed by atoms with E-state index in [-0.39, 0.29) is 6.04 Å². The fraction of sp³-hybridized carbons (Fsp3) is 0.600. The number of hydrogen-bond acceptors (Lipinski definition) is 4. The average Bonchev–Trinajstić information content (AvgIpc) is 2.92. The Morgan fingerprint density at radius 3 is 3.00 bits per heavy atom. The van der Waals surface area contributed by atoms with Crippen molar-refractivity contribution in [3.05, 3.63) is 22.5 Å². The van der Waals surface area contributed by atoms with Gasteiger partial charge in [-0.3, -0.25) is 14.1 Å². The summed E-state index contributed by atoms with van der Waals surface area (Å²) in [4.78, 5) is 19.2. The summed E-state index contributed by atoms with van der Waals surface area (Å²) in [6.45, 7) is 3.60. The zero-order chi connectivity index (χ0) is 14.6. The zero-order valence-corrected chi connectivity index (χ0v) is 12.9. The molecule has 112 valence electrons. The number of carboxylic acids is 1. The van der Waals surface area contributed by atoms with Crippen LogP contribution >= 0.6 is 11.3 Å². The maximum absolute atomic E-state index is 11.4. The number of hydrogen-bond donors (Lipinski definition) is 1. The minimum atomic E-state index is -0.696. The van der Waals surface area contributed by atoms with Crippen LogP contribution in [0.3, 0.4) is 0 Å². The number of nitrogens with zero attached hydrogens (tertiary/aromatic N) is 3. The van der Waals surface area contributed by atoms with Gasteiger partial charge in [0.2, 0.25) is 0 Å². The minimum absolute atomic E-state index is 0.335. The molecule has 5 nitrogen and oxygen atoms in total. The Balaban J connectivity index is 1.70. The fourth-order valence-electron chi connectivity index (χ4n) is 3.38. The van der Waals surface area contributed by atoms with Gasteiger partial charge >= 0.3 is 5.97 Å². The van der Waals surface area contributed by atoms with Gasteiger partial charge in [0.1, 0.15) is 6.04 Å². The lowest BCUT2D eigenvalue weighted by Crippen LogP contribution is -2.35. The molecule has 2 fully saturated rings. The van der Waals surface area contributed by atoms with Crippen LogP contribution in [0.2, 0.25) is 0 Å². The predicted octanol–water partition coefficient (Wildman–Crippen LogP) is 2.63. The summed E-state index contributed by atoms with van der Waals surface area (Å²) in [5, 5.41) is 11.6. The average molecular weight is 305 g/mol. The van der Waals surface area contributed by atoms with Crippen molar-refractivity contribution >= 4 is 22.3 Å². The van der Waals surface area contributed by atoms with Crippen molar-refractivity contribution in [1.82, 2.24) is 14.3 Å². The topological polar surface area (TPSA) is 57.8 Å². The van der Waals surface area contributed by atoms with E-state index in [4.69, 9.17) is 0 Å². The smallest absolute Gasteiger partial charge is 0.320 e. The molecule has 1 aliphatic carbocycles. The molecule has 1 atom stereocenters. The second-order valence-electron chi connectivity index (χ2n) is 6.16. The van der Waals surface area contributed by atoms with E-state index in [9.17, 15) is 9.90 Å². The normalized spacial score (nSPS) is 23.2. The number of likely N-dealkylation sites (tertiary alicyclic amines) is 1. The number of imidazole rings is 1. The summed E-state index contributed by atoms with van der Waals surface area (Å²) in [6.07, 6.45) is 4.26. The van der Waals surface area contributed by atoms with E-state index in [1.807, 2.05) is 6.92 Å². The summed E-state index contributed by atoms with van der Waals surface area (Å²) in [6, 6.07) is -0.335. The third-order valence-electron chi connectivity index (χ3n) is 4.68. The lowest BCUT2D eigenvalue weighted by molar-refractivity contribution is -0.142. The summed E-state index contributed by atoms with van der Waals surface area (Å²) in [7, 11) is 0. The molecule has 2 aromatic heterocycles. The maximum atomic E-state index is 11.4. The third kappa shape index (κ3) is 2.17. The molecule has 2 aliphatic rings. The van der Waals surface area contributed by atoms with Crippen LogP contribution in [0.4, 0.5) is 0 Å². The highest BCUT2D eigenvalue weighted by molar-refractivity contribution is 7.15. The van der Waals surface area contributed by atoms with Gasteiger partial charge in [-0.15, -0.1) is 11.3 Å². The number of fused-ring (bicyclic) bond motifs is 1. The van der Waals surface area contributed by atoms with Gasteiger partial charge in [-0.05, 0) is 39.2 Å². The van der Waals surface area contributed by atoms with Crippen molar-refractivity contribution in [3.8, 4) is 0 Å². The van der Waals surface area contributed by atoms with Crippen LogP contribution in [0.1, 0.15) is 48.7 Å². The molecule has 0 unspecified atom stereocenters. The molecule has 1 N–H and O–H groups in total. The molecule has 6 heteroatoms. The molecular weight excluding hydrogens is 286 g/mol. The van der Waals surface area contributed by atoms with E-state index in [1.165, 1.54) is 24.2 Å². The predicted molar refractivity (Wildman–Crippen MR) is 80.8 cm³/mol. The Bertz CT molecular complexity index is 701. The molecule has 2 aromatic rings. The molecule has 1 saturated heterocycles. The van der Waals surface area contributed by atoms with Crippen molar-refractivity contribution in [2.45, 2.75) is 51.1 Å². The number of aryl methyl sites for hydroxylation is 1. The van der Waals surface area contributed by atoms with Crippen molar-refractivity contribution in [1.29, 1.82) is 0 Å². The molecule has 1 saturated carbocycles. The largest absolute Gasteiger partial charge is 0.480 e. The molecule has 1 aliphatic heterocycles. The molecule has 0 spiro atoms. The second-order valence-corrected chi connectivity index (χ2v) is 7.00. The van der Waals surface area contributed by atoms with Crippen LogP contribution in [-0.4, -0.2) is 37.9 Å². The summed E-state index contributed by atoms with van der Waals surface area (Å²) < 4.78 is 2.29. The highest BCUT2D eigenvalue weighted by Gasteiger charge is 2.33. The Morgan fingerprint density at radius 1 is 1.48 bits per heavy atom. The number of carbonyl (C=O) groups is 1. The maximum Gasteiger partial charge on any atom is 0.320 e. The van der Waals surface area contributed by atoms with Gasteiger partial charge in [-0.25, -0.2) is 4.98 Å². The Hall–Kier alpha value is -1.40. The first-order valence-corrected chi connectivity index (χ1v) is 8.45. The molecule has 3 heterocycles. The van der Waals surface area contributed by atoms with Gasteiger partial charge in [0.15, 0.2) is 4.96 Å².